The van der Waals surface area contributed by atoms with Gasteiger partial charge in [0.05, 0.1) is 12.0 Å². The van der Waals surface area contributed by atoms with E-state index >= 15 is 0 Å². The van der Waals surface area contributed by atoms with Gasteiger partial charge in [-0.15, -0.1) is 0 Å². The second-order valence-corrected chi connectivity index (χ2v) is 4.23. The van der Waals surface area contributed by atoms with Gasteiger partial charge in [0.15, 0.2) is 0 Å². The van der Waals surface area contributed by atoms with Gasteiger partial charge in [-0.1, -0.05) is 13.8 Å². The summed E-state index contributed by atoms with van der Waals surface area (Å²) < 4.78 is 1.91. The van der Waals surface area contributed by atoms with Crippen LogP contribution in [0.1, 0.15) is 26.0 Å². The predicted octanol–water partition coefficient (Wildman–Crippen LogP) is 1.12. The molecule has 0 aliphatic carbocycles. The van der Waals surface area contributed by atoms with E-state index in [-0.39, 0.29) is 5.91 Å². The highest BCUT2D eigenvalue weighted by Gasteiger charge is 2.04. The molecular formula is C11H19N3O. The van der Waals surface area contributed by atoms with Gasteiger partial charge in [-0.3, -0.25) is 4.79 Å². The average molecular weight is 209 g/mol. The first-order valence-corrected chi connectivity index (χ1v) is 5.31. The number of nitrogens with zero attached hydrogens (tertiary/aromatic N) is 2. The lowest BCUT2D eigenvalue weighted by atomic mass is 10.1. The highest BCUT2D eigenvalue weighted by molar-refractivity contribution is 5.75. The van der Waals surface area contributed by atoms with E-state index in [2.05, 4.69) is 10.3 Å². The summed E-state index contributed by atoms with van der Waals surface area (Å²) in [5, 5.41) is 2.88. The number of carbonyl (C=O) groups is 1. The zero-order valence-electron chi connectivity index (χ0n) is 9.66. The Morgan fingerprint density at radius 1 is 1.60 bits per heavy atom. The number of amides is 1. The molecule has 0 aliphatic heterocycles. The second-order valence-electron chi connectivity index (χ2n) is 4.23. The fourth-order valence-electron chi connectivity index (χ4n) is 1.37. The second kappa shape index (κ2) is 5.53. The van der Waals surface area contributed by atoms with Crippen molar-refractivity contribution in [3.8, 4) is 0 Å². The van der Waals surface area contributed by atoms with Crippen molar-refractivity contribution < 1.29 is 4.79 Å². The third kappa shape index (κ3) is 4.63. The quantitative estimate of drug-likeness (QED) is 0.790. The molecule has 0 unspecified atom stereocenters. The predicted molar refractivity (Wildman–Crippen MR) is 59.4 cm³/mol. The molecule has 0 fully saturated rings. The summed E-state index contributed by atoms with van der Waals surface area (Å²) in [6.07, 6.45) is 5.13. The van der Waals surface area contributed by atoms with E-state index in [0.29, 0.717) is 18.9 Å². The fraction of sp³-hybridized carbons (Fsp3) is 0.636. The number of aryl methyl sites for hydroxylation is 1. The third-order valence-corrected chi connectivity index (χ3v) is 2.06. The zero-order chi connectivity index (χ0) is 11.3. The molecule has 4 heteroatoms. The summed E-state index contributed by atoms with van der Waals surface area (Å²) in [5.74, 6) is 0.542. The Hall–Kier alpha value is -1.32. The third-order valence-electron chi connectivity index (χ3n) is 2.06. The molecule has 0 saturated carbocycles. The summed E-state index contributed by atoms with van der Waals surface area (Å²) in [6, 6.07) is 0. The highest BCUT2D eigenvalue weighted by atomic mass is 16.1. The maximum atomic E-state index is 11.3. The van der Waals surface area contributed by atoms with E-state index < -0.39 is 0 Å². The van der Waals surface area contributed by atoms with Crippen molar-refractivity contribution in [1.29, 1.82) is 0 Å². The number of nitrogens with one attached hydrogen (secondary N) is 1. The first-order valence-electron chi connectivity index (χ1n) is 5.31. The smallest absolute Gasteiger partial charge is 0.220 e. The minimum atomic E-state index is 0.126. The molecule has 1 amide bonds. The molecular weight excluding hydrogens is 190 g/mol. The Labute approximate surface area is 90.7 Å². The molecule has 0 bridgehead atoms. The van der Waals surface area contributed by atoms with E-state index in [1.807, 2.05) is 31.7 Å². The minimum absolute atomic E-state index is 0.126. The molecule has 1 heterocycles. The van der Waals surface area contributed by atoms with Crippen LogP contribution in [0.2, 0.25) is 0 Å². The van der Waals surface area contributed by atoms with Crippen LogP contribution >= 0.6 is 0 Å². The van der Waals surface area contributed by atoms with Gasteiger partial charge in [0, 0.05) is 32.6 Å². The molecule has 0 atom stereocenters. The van der Waals surface area contributed by atoms with E-state index in [0.717, 1.165) is 12.1 Å². The number of hydrogen-bond donors (Lipinski definition) is 1. The van der Waals surface area contributed by atoms with E-state index in [1.165, 1.54) is 0 Å². The van der Waals surface area contributed by atoms with Crippen LogP contribution < -0.4 is 5.32 Å². The first-order chi connectivity index (χ1) is 7.08. The summed E-state index contributed by atoms with van der Waals surface area (Å²) in [7, 11) is 1.94. The lowest BCUT2D eigenvalue weighted by molar-refractivity contribution is -0.121. The summed E-state index contributed by atoms with van der Waals surface area (Å²) in [4.78, 5) is 15.5. The van der Waals surface area contributed by atoms with Gasteiger partial charge in [-0.25, -0.2) is 4.98 Å². The maximum Gasteiger partial charge on any atom is 0.220 e. The van der Waals surface area contributed by atoms with Crippen molar-refractivity contribution in [2.45, 2.75) is 26.7 Å². The Kier molecular flexibility index (Phi) is 4.34. The zero-order valence-corrected chi connectivity index (χ0v) is 9.66. The SMILES string of the molecule is CC(C)CC(=O)NCCc1cn(C)cn1. The van der Waals surface area contributed by atoms with E-state index in [4.69, 9.17) is 0 Å². The van der Waals surface area contributed by atoms with Crippen LogP contribution in [0.5, 0.6) is 0 Å². The van der Waals surface area contributed by atoms with Crippen LogP contribution in [0.3, 0.4) is 0 Å². The van der Waals surface area contributed by atoms with Gasteiger partial charge >= 0.3 is 0 Å². The number of hydrogen-bond acceptors (Lipinski definition) is 2. The lowest BCUT2D eigenvalue weighted by Crippen LogP contribution is -2.26. The summed E-state index contributed by atoms with van der Waals surface area (Å²) >= 11 is 0. The molecule has 0 aromatic carbocycles. The molecule has 0 saturated heterocycles. The minimum Gasteiger partial charge on any atom is -0.356 e. The number of aromatic nitrogens is 2. The van der Waals surface area contributed by atoms with Crippen LogP contribution in [0.15, 0.2) is 12.5 Å². The molecule has 1 aromatic heterocycles. The average Bonchev–Trinajstić information content (AvgIpc) is 2.50. The van der Waals surface area contributed by atoms with Crippen molar-refractivity contribution in [2.75, 3.05) is 6.54 Å². The molecule has 0 aliphatic rings. The molecule has 1 rings (SSSR count). The number of imidazole rings is 1. The van der Waals surface area contributed by atoms with Gasteiger partial charge < -0.3 is 9.88 Å². The monoisotopic (exact) mass is 209 g/mol. The fourth-order valence-corrected chi connectivity index (χ4v) is 1.37. The molecule has 4 nitrogen and oxygen atoms in total. The lowest BCUT2D eigenvalue weighted by Gasteiger charge is -2.05. The van der Waals surface area contributed by atoms with Gasteiger partial charge in [-0.2, -0.15) is 0 Å². The van der Waals surface area contributed by atoms with Crippen LogP contribution in [0, 0.1) is 5.92 Å². The van der Waals surface area contributed by atoms with Crippen molar-refractivity contribution in [3.05, 3.63) is 18.2 Å². The summed E-state index contributed by atoms with van der Waals surface area (Å²) in [5.41, 5.74) is 1.02. The van der Waals surface area contributed by atoms with Crippen LogP contribution in [0.25, 0.3) is 0 Å². The van der Waals surface area contributed by atoms with Gasteiger partial charge in [-0.05, 0) is 5.92 Å². The molecule has 1 aromatic rings. The Morgan fingerprint density at radius 3 is 2.87 bits per heavy atom. The largest absolute Gasteiger partial charge is 0.356 e. The summed E-state index contributed by atoms with van der Waals surface area (Å²) in [6.45, 7) is 4.75. The van der Waals surface area contributed by atoms with Crippen molar-refractivity contribution >= 4 is 5.91 Å². The topological polar surface area (TPSA) is 46.9 Å². The molecule has 0 spiro atoms. The number of carbonyl (C=O) groups excluding carboxylic acids is 1. The van der Waals surface area contributed by atoms with Crippen LogP contribution in [-0.2, 0) is 18.3 Å². The Morgan fingerprint density at radius 2 is 2.33 bits per heavy atom. The standard InChI is InChI=1S/C11H19N3O/c1-9(2)6-11(15)12-5-4-10-7-14(3)8-13-10/h7-9H,4-6H2,1-3H3,(H,12,15). The molecule has 1 N–H and O–H groups in total. The van der Waals surface area contributed by atoms with Crippen molar-refractivity contribution in [3.63, 3.8) is 0 Å². The van der Waals surface area contributed by atoms with Crippen molar-refractivity contribution in [2.24, 2.45) is 13.0 Å². The molecule has 15 heavy (non-hydrogen) atoms. The molecule has 0 radical (unpaired) electrons. The van der Waals surface area contributed by atoms with Gasteiger partial charge in [0.1, 0.15) is 0 Å². The highest BCUT2D eigenvalue weighted by Crippen LogP contribution is 1.98. The number of rotatable bonds is 5. The molecule has 84 valence electrons. The van der Waals surface area contributed by atoms with Crippen LogP contribution in [-0.4, -0.2) is 22.0 Å². The Bertz CT molecular complexity index is 317. The van der Waals surface area contributed by atoms with Gasteiger partial charge in [0.25, 0.3) is 0 Å². The van der Waals surface area contributed by atoms with Crippen molar-refractivity contribution in [1.82, 2.24) is 14.9 Å². The van der Waals surface area contributed by atoms with E-state index in [1.54, 1.807) is 6.33 Å². The van der Waals surface area contributed by atoms with E-state index in [9.17, 15) is 4.79 Å². The van der Waals surface area contributed by atoms with Gasteiger partial charge in [0.2, 0.25) is 5.91 Å². The Balaban J connectivity index is 2.19. The van der Waals surface area contributed by atoms with Crippen LogP contribution in [0.4, 0.5) is 0 Å². The first kappa shape index (κ1) is 11.8. The maximum absolute atomic E-state index is 11.3. The normalized spacial score (nSPS) is 10.7.